The van der Waals surface area contributed by atoms with Crippen molar-refractivity contribution in [2.45, 2.75) is 33.1 Å². The van der Waals surface area contributed by atoms with Crippen LogP contribution in [0.15, 0.2) is 18.2 Å². The fourth-order valence-electron chi connectivity index (χ4n) is 4.21. The van der Waals surface area contributed by atoms with E-state index < -0.39 is 11.4 Å². The number of nitrogens with one attached hydrogen (secondary N) is 1. The molecule has 1 aromatic rings. The number of hydrogen-bond acceptors (Lipinski definition) is 3. The zero-order chi connectivity index (χ0) is 16.6. The fourth-order valence-corrected chi connectivity index (χ4v) is 4.21. The summed E-state index contributed by atoms with van der Waals surface area (Å²) in [6.07, 6.45) is 2.68. The number of hydrogen-bond donors (Lipinski definition) is 2. The SMILES string of the molecule is Cc1ccc(NC(=O)CN2C[C@@H]3CCC[C@@]3(C(=O)O)C2)c(C)c1.Cl. The molecule has 1 heterocycles. The highest BCUT2D eigenvalue weighted by Crippen LogP contribution is 2.48. The molecule has 0 bridgehead atoms. The molecule has 2 fully saturated rings. The maximum Gasteiger partial charge on any atom is 0.311 e. The van der Waals surface area contributed by atoms with E-state index in [1.165, 1.54) is 0 Å². The van der Waals surface area contributed by atoms with Crippen molar-refractivity contribution in [2.24, 2.45) is 11.3 Å². The summed E-state index contributed by atoms with van der Waals surface area (Å²) in [5.74, 6) is -0.580. The number of carboxylic acids is 1. The molecule has 6 heteroatoms. The predicted octanol–water partition coefficient (Wildman–Crippen LogP) is 2.85. The van der Waals surface area contributed by atoms with Crippen LogP contribution in [0.5, 0.6) is 0 Å². The summed E-state index contributed by atoms with van der Waals surface area (Å²) in [5, 5.41) is 12.5. The molecular weight excluding hydrogens is 328 g/mol. The lowest BCUT2D eigenvalue weighted by molar-refractivity contribution is -0.149. The Morgan fingerprint density at radius 2 is 2.12 bits per heavy atom. The maximum atomic E-state index is 12.3. The number of nitrogens with zero attached hydrogens (tertiary/aromatic N) is 1. The van der Waals surface area contributed by atoms with E-state index in [2.05, 4.69) is 5.32 Å². The Morgan fingerprint density at radius 1 is 1.38 bits per heavy atom. The van der Waals surface area contributed by atoms with Crippen molar-refractivity contribution in [1.29, 1.82) is 0 Å². The summed E-state index contributed by atoms with van der Waals surface area (Å²) in [5.41, 5.74) is 2.41. The number of carboxylic acid groups (broad SMARTS) is 1. The van der Waals surface area contributed by atoms with Gasteiger partial charge in [0.05, 0.1) is 12.0 Å². The van der Waals surface area contributed by atoms with Gasteiger partial charge in [0.25, 0.3) is 0 Å². The molecule has 2 aliphatic rings. The normalized spacial score (nSPS) is 25.8. The van der Waals surface area contributed by atoms with Gasteiger partial charge in [0.1, 0.15) is 0 Å². The average molecular weight is 353 g/mol. The van der Waals surface area contributed by atoms with Gasteiger partial charge < -0.3 is 10.4 Å². The van der Waals surface area contributed by atoms with Gasteiger partial charge in [-0.25, -0.2) is 0 Å². The van der Waals surface area contributed by atoms with Crippen LogP contribution >= 0.6 is 12.4 Å². The number of aryl methyl sites for hydroxylation is 2. The van der Waals surface area contributed by atoms with Crippen LogP contribution < -0.4 is 5.32 Å². The van der Waals surface area contributed by atoms with E-state index in [0.29, 0.717) is 13.1 Å². The molecule has 24 heavy (non-hydrogen) atoms. The molecule has 1 aliphatic carbocycles. The second-order valence-corrected chi connectivity index (χ2v) is 7.09. The van der Waals surface area contributed by atoms with E-state index >= 15 is 0 Å². The lowest BCUT2D eigenvalue weighted by Gasteiger charge is -2.23. The Bertz CT molecular complexity index is 649. The molecule has 0 spiro atoms. The second-order valence-electron chi connectivity index (χ2n) is 7.09. The lowest BCUT2D eigenvalue weighted by Crippen LogP contribution is -2.37. The Kier molecular flexibility index (Phi) is 5.56. The number of amides is 1. The van der Waals surface area contributed by atoms with Gasteiger partial charge in [-0.05, 0) is 44.2 Å². The van der Waals surface area contributed by atoms with E-state index in [0.717, 1.165) is 36.1 Å². The molecule has 3 rings (SSSR count). The van der Waals surface area contributed by atoms with Gasteiger partial charge in [-0.2, -0.15) is 0 Å². The summed E-state index contributed by atoms with van der Waals surface area (Å²) >= 11 is 0. The van der Waals surface area contributed by atoms with Gasteiger partial charge in [-0.1, -0.05) is 24.1 Å². The van der Waals surface area contributed by atoms with Gasteiger partial charge >= 0.3 is 5.97 Å². The quantitative estimate of drug-likeness (QED) is 0.874. The van der Waals surface area contributed by atoms with Crippen molar-refractivity contribution >= 4 is 30.0 Å². The van der Waals surface area contributed by atoms with Crippen LogP contribution in [0.4, 0.5) is 5.69 Å². The van der Waals surface area contributed by atoms with Gasteiger partial charge in [0.15, 0.2) is 0 Å². The number of halogens is 1. The highest BCUT2D eigenvalue weighted by Gasteiger charge is 2.54. The molecule has 1 saturated heterocycles. The van der Waals surface area contributed by atoms with Crippen LogP contribution in [0.1, 0.15) is 30.4 Å². The molecule has 2 atom stereocenters. The van der Waals surface area contributed by atoms with Gasteiger partial charge in [0.2, 0.25) is 5.91 Å². The van der Waals surface area contributed by atoms with Gasteiger partial charge in [-0.15, -0.1) is 12.4 Å². The van der Waals surface area contributed by atoms with E-state index in [1.807, 2.05) is 36.9 Å². The first-order valence-electron chi connectivity index (χ1n) is 8.23. The Morgan fingerprint density at radius 3 is 2.75 bits per heavy atom. The van der Waals surface area contributed by atoms with E-state index in [4.69, 9.17) is 0 Å². The smallest absolute Gasteiger partial charge is 0.311 e. The zero-order valence-corrected chi connectivity index (χ0v) is 15.0. The molecule has 0 radical (unpaired) electrons. The third-order valence-electron chi connectivity index (χ3n) is 5.39. The Hall–Kier alpha value is -1.59. The lowest BCUT2D eigenvalue weighted by atomic mass is 9.81. The molecule has 0 aromatic heterocycles. The highest BCUT2D eigenvalue weighted by molar-refractivity contribution is 5.93. The summed E-state index contributed by atoms with van der Waals surface area (Å²) in [6.45, 7) is 5.47. The molecule has 2 N–H and O–H groups in total. The number of rotatable bonds is 4. The number of aliphatic carboxylic acids is 1. The van der Waals surface area contributed by atoms with Crippen molar-refractivity contribution < 1.29 is 14.7 Å². The second kappa shape index (κ2) is 7.11. The van der Waals surface area contributed by atoms with Crippen molar-refractivity contribution in [3.8, 4) is 0 Å². The average Bonchev–Trinajstić information content (AvgIpc) is 2.99. The monoisotopic (exact) mass is 352 g/mol. The molecule has 1 amide bonds. The molecule has 1 aliphatic heterocycles. The van der Waals surface area contributed by atoms with E-state index in [1.54, 1.807) is 0 Å². The number of benzene rings is 1. The van der Waals surface area contributed by atoms with Crippen molar-refractivity contribution in [2.75, 3.05) is 25.0 Å². The van der Waals surface area contributed by atoms with E-state index in [-0.39, 0.29) is 30.8 Å². The van der Waals surface area contributed by atoms with Crippen molar-refractivity contribution in [1.82, 2.24) is 4.90 Å². The third-order valence-corrected chi connectivity index (χ3v) is 5.39. The third kappa shape index (κ3) is 3.42. The van der Waals surface area contributed by atoms with Gasteiger partial charge in [-0.3, -0.25) is 14.5 Å². The molecule has 5 nitrogen and oxygen atoms in total. The largest absolute Gasteiger partial charge is 0.481 e. The topological polar surface area (TPSA) is 69.6 Å². The van der Waals surface area contributed by atoms with Gasteiger partial charge in [0, 0.05) is 18.8 Å². The molecule has 1 saturated carbocycles. The molecule has 0 unspecified atom stereocenters. The first-order valence-corrected chi connectivity index (χ1v) is 8.23. The summed E-state index contributed by atoms with van der Waals surface area (Å²) in [7, 11) is 0. The molecule has 132 valence electrons. The summed E-state index contributed by atoms with van der Waals surface area (Å²) < 4.78 is 0. The van der Waals surface area contributed by atoms with Crippen LogP contribution in [0.3, 0.4) is 0 Å². The van der Waals surface area contributed by atoms with Crippen LogP contribution in [0.25, 0.3) is 0 Å². The minimum Gasteiger partial charge on any atom is -0.481 e. The van der Waals surface area contributed by atoms with Crippen LogP contribution in [-0.2, 0) is 9.59 Å². The Balaban J connectivity index is 0.00000208. The molecule has 1 aromatic carbocycles. The van der Waals surface area contributed by atoms with Crippen LogP contribution in [0, 0.1) is 25.2 Å². The Labute approximate surface area is 148 Å². The highest BCUT2D eigenvalue weighted by atomic mass is 35.5. The first-order chi connectivity index (χ1) is 10.9. The van der Waals surface area contributed by atoms with E-state index in [9.17, 15) is 14.7 Å². The van der Waals surface area contributed by atoms with Crippen molar-refractivity contribution in [3.63, 3.8) is 0 Å². The first kappa shape index (κ1) is 18.7. The number of anilines is 1. The zero-order valence-electron chi connectivity index (χ0n) is 14.2. The number of carbonyl (C=O) groups is 2. The van der Waals surface area contributed by atoms with Crippen LogP contribution in [-0.4, -0.2) is 41.5 Å². The number of carbonyl (C=O) groups excluding carboxylic acids is 1. The number of fused-ring (bicyclic) bond motifs is 1. The maximum absolute atomic E-state index is 12.3. The minimum absolute atomic E-state index is 0. The summed E-state index contributed by atoms with van der Waals surface area (Å²) in [6, 6.07) is 5.93. The standard InChI is InChI=1S/C18H24N2O3.ClH/c1-12-5-6-15(13(2)8-12)19-16(21)10-20-9-14-4-3-7-18(14,11-20)17(22)23;/h5-6,8,14H,3-4,7,9-11H2,1-2H3,(H,19,21)(H,22,23);1H/t14-,18+;/m0./s1. The van der Waals surface area contributed by atoms with Crippen molar-refractivity contribution in [3.05, 3.63) is 29.3 Å². The predicted molar refractivity (Wildman–Crippen MR) is 95.6 cm³/mol. The summed E-state index contributed by atoms with van der Waals surface area (Å²) in [4.78, 5) is 26.0. The minimum atomic E-state index is -0.697. The number of likely N-dealkylation sites (tertiary alicyclic amines) is 1. The fraction of sp³-hybridized carbons (Fsp3) is 0.556. The van der Waals surface area contributed by atoms with Crippen LogP contribution in [0.2, 0.25) is 0 Å². The molecular formula is C18H25ClN2O3.